The number of benzene rings is 2. The first-order valence-electron chi connectivity index (χ1n) is 8.73. The summed E-state index contributed by atoms with van der Waals surface area (Å²) in [5.41, 5.74) is 0. The molecule has 27 heavy (non-hydrogen) atoms. The number of esters is 2. The number of sulfone groups is 1. The zero-order valence-corrected chi connectivity index (χ0v) is 16.1. The molecule has 0 aromatic heterocycles. The van der Waals surface area contributed by atoms with Gasteiger partial charge in [0.05, 0.1) is 9.79 Å². The van der Waals surface area contributed by atoms with Gasteiger partial charge in [-0.3, -0.25) is 9.59 Å². The van der Waals surface area contributed by atoms with Gasteiger partial charge < -0.3 is 9.47 Å². The van der Waals surface area contributed by atoms with E-state index < -0.39 is 9.84 Å². The van der Waals surface area contributed by atoms with Crippen molar-refractivity contribution in [1.29, 1.82) is 0 Å². The Labute approximate surface area is 159 Å². The van der Waals surface area contributed by atoms with Gasteiger partial charge in [0.2, 0.25) is 9.84 Å². The fourth-order valence-electron chi connectivity index (χ4n) is 2.28. The van der Waals surface area contributed by atoms with Crippen molar-refractivity contribution in [3.63, 3.8) is 0 Å². The van der Waals surface area contributed by atoms with Gasteiger partial charge in [-0.05, 0) is 61.4 Å². The van der Waals surface area contributed by atoms with Crippen LogP contribution in [0, 0.1) is 0 Å². The minimum absolute atomic E-state index is 0.0773. The van der Waals surface area contributed by atoms with Crippen LogP contribution in [0.25, 0.3) is 0 Å². The van der Waals surface area contributed by atoms with Crippen LogP contribution in [0.1, 0.15) is 39.5 Å². The lowest BCUT2D eigenvalue weighted by Crippen LogP contribution is -2.08. The molecule has 2 aromatic carbocycles. The van der Waals surface area contributed by atoms with Crippen LogP contribution in [0.15, 0.2) is 58.3 Å². The summed E-state index contributed by atoms with van der Waals surface area (Å²) >= 11 is 0. The molecular formula is C20H22O6S. The normalized spacial score (nSPS) is 11.0. The average molecular weight is 390 g/mol. The van der Waals surface area contributed by atoms with Gasteiger partial charge in [-0.25, -0.2) is 8.42 Å². The van der Waals surface area contributed by atoms with Gasteiger partial charge in [0.15, 0.2) is 0 Å². The number of carbonyl (C=O) groups is 2. The lowest BCUT2D eigenvalue weighted by atomic mass is 10.3. The quantitative estimate of drug-likeness (QED) is 0.501. The van der Waals surface area contributed by atoms with Crippen molar-refractivity contribution in [3.8, 4) is 11.5 Å². The molecule has 0 saturated heterocycles. The molecule has 0 unspecified atom stereocenters. The summed E-state index contributed by atoms with van der Waals surface area (Å²) in [5.74, 6) is -0.126. The summed E-state index contributed by atoms with van der Waals surface area (Å²) in [6.45, 7) is 3.74. The van der Waals surface area contributed by atoms with Crippen LogP contribution in [0.5, 0.6) is 11.5 Å². The van der Waals surface area contributed by atoms with E-state index in [2.05, 4.69) is 0 Å². The SMILES string of the molecule is CCCC(=O)Oc1ccc(S(=O)(=O)c2ccc(OC(=O)CCC)cc2)cc1. The monoisotopic (exact) mass is 390 g/mol. The highest BCUT2D eigenvalue weighted by molar-refractivity contribution is 7.91. The van der Waals surface area contributed by atoms with E-state index >= 15 is 0 Å². The van der Waals surface area contributed by atoms with Crippen LogP contribution < -0.4 is 9.47 Å². The van der Waals surface area contributed by atoms with Gasteiger partial charge in [-0.15, -0.1) is 0 Å². The molecule has 0 fully saturated rings. The second-order valence-corrected chi connectivity index (χ2v) is 7.84. The van der Waals surface area contributed by atoms with Crippen LogP contribution in [0.4, 0.5) is 0 Å². The molecule has 0 heterocycles. The molecule has 0 bridgehead atoms. The minimum atomic E-state index is -3.73. The molecule has 7 heteroatoms. The van der Waals surface area contributed by atoms with Gasteiger partial charge in [0, 0.05) is 12.8 Å². The Morgan fingerprint density at radius 3 is 1.33 bits per heavy atom. The molecule has 0 spiro atoms. The number of hydrogen-bond donors (Lipinski definition) is 0. The maximum atomic E-state index is 12.7. The van der Waals surface area contributed by atoms with Crippen molar-refractivity contribution in [3.05, 3.63) is 48.5 Å². The molecule has 0 radical (unpaired) electrons. The van der Waals surface area contributed by atoms with Crippen molar-refractivity contribution in [2.75, 3.05) is 0 Å². The Balaban J connectivity index is 2.13. The number of rotatable bonds is 8. The van der Waals surface area contributed by atoms with Crippen molar-refractivity contribution >= 4 is 21.8 Å². The molecule has 0 aliphatic rings. The highest BCUT2D eigenvalue weighted by Crippen LogP contribution is 2.25. The number of ether oxygens (including phenoxy) is 2. The van der Waals surface area contributed by atoms with Crippen LogP contribution in [0.3, 0.4) is 0 Å². The van der Waals surface area contributed by atoms with Crippen molar-refractivity contribution in [2.45, 2.75) is 49.3 Å². The zero-order valence-electron chi connectivity index (χ0n) is 15.3. The molecule has 2 rings (SSSR count). The lowest BCUT2D eigenvalue weighted by molar-refractivity contribution is -0.135. The highest BCUT2D eigenvalue weighted by Gasteiger charge is 2.18. The first-order valence-corrected chi connectivity index (χ1v) is 10.2. The fraction of sp³-hybridized carbons (Fsp3) is 0.300. The third-order valence-electron chi connectivity index (χ3n) is 3.64. The maximum absolute atomic E-state index is 12.7. The van der Waals surface area contributed by atoms with Crippen molar-refractivity contribution in [1.82, 2.24) is 0 Å². The molecule has 2 aromatic rings. The van der Waals surface area contributed by atoms with Crippen LogP contribution in [0.2, 0.25) is 0 Å². The molecule has 0 saturated carbocycles. The van der Waals surface area contributed by atoms with E-state index in [1.54, 1.807) is 0 Å². The van der Waals surface area contributed by atoms with E-state index in [0.717, 1.165) is 0 Å². The number of hydrogen-bond acceptors (Lipinski definition) is 6. The van der Waals surface area contributed by atoms with Gasteiger partial charge >= 0.3 is 11.9 Å². The van der Waals surface area contributed by atoms with E-state index in [0.29, 0.717) is 37.2 Å². The standard InChI is InChI=1S/C20H22O6S/c1-3-5-19(21)25-15-7-11-17(12-8-15)27(23,24)18-13-9-16(10-14-18)26-20(22)6-4-2/h7-14H,3-6H2,1-2H3. The third kappa shape index (κ3) is 5.65. The van der Waals surface area contributed by atoms with E-state index in [9.17, 15) is 18.0 Å². The molecule has 6 nitrogen and oxygen atoms in total. The van der Waals surface area contributed by atoms with E-state index in [1.807, 2.05) is 13.8 Å². The second-order valence-electron chi connectivity index (χ2n) is 5.89. The Kier molecular flexibility index (Phi) is 7.12. The minimum Gasteiger partial charge on any atom is -0.427 e. The van der Waals surface area contributed by atoms with Crippen molar-refractivity contribution < 1.29 is 27.5 Å². The Hall–Kier alpha value is -2.67. The summed E-state index contributed by atoms with van der Waals surface area (Å²) < 4.78 is 35.6. The molecule has 0 N–H and O–H groups in total. The Bertz CT molecular complexity index is 814. The van der Waals surface area contributed by atoms with Crippen molar-refractivity contribution in [2.24, 2.45) is 0 Å². The highest BCUT2D eigenvalue weighted by atomic mass is 32.2. The predicted molar refractivity (Wildman–Crippen MR) is 99.4 cm³/mol. The Morgan fingerprint density at radius 1 is 0.704 bits per heavy atom. The second kappa shape index (κ2) is 9.32. The Morgan fingerprint density at radius 2 is 1.04 bits per heavy atom. The average Bonchev–Trinajstić information content (AvgIpc) is 2.63. The summed E-state index contributed by atoms with van der Waals surface area (Å²) in [7, 11) is -3.73. The maximum Gasteiger partial charge on any atom is 0.311 e. The molecule has 0 aliphatic heterocycles. The first-order chi connectivity index (χ1) is 12.9. The van der Waals surface area contributed by atoms with Gasteiger partial charge in [-0.1, -0.05) is 13.8 Å². The summed E-state index contributed by atoms with van der Waals surface area (Å²) in [6.07, 6.45) is 1.95. The van der Waals surface area contributed by atoms with Gasteiger partial charge in [-0.2, -0.15) is 0 Å². The molecular weight excluding hydrogens is 368 g/mol. The topological polar surface area (TPSA) is 86.7 Å². The molecule has 0 amide bonds. The van der Waals surface area contributed by atoms with E-state index in [4.69, 9.17) is 9.47 Å². The summed E-state index contributed by atoms with van der Waals surface area (Å²) in [6, 6.07) is 11.3. The zero-order chi connectivity index (χ0) is 19.9. The molecule has 0 atom stereocenters. The van der Waals surface area contributed by atoms with Gasteiger partial charge in [0.1, 0.15) is 11.5 Å². The van der Waals surface area contributed by atoms with Crippen LogP contribution >= 0.6 is 0 Å². The molecule has 144 valence electrons. The van der Waals surface area contributed by atoms with Crippen LogP contribution in [-0.4, -0.2) is 20.4 Å². The lowest BCUT2D eigenvalue weighted by Gasteiger charge is -2.08. The van der Waals surface area contributed by atoms with Gasteiger partial charge in [0.25, 0.3) is 0 Å². The van der Waals surface area contributed by atoms with E-state index in [-0.39, 0.29) is 21.7 Å². The fourth-order valence-corrected chi connectivity index (χ4v) is 3.54. The van der Waals surface area contributed by atoms with Crippen LogP contribution in [-0.2, 0) is 19.4 Å². The predicted octanol–water partition coefficient (Wildman–Crippen LogP) is 3.93. The summed E-state index contributed by atoms with van der Waals surface area (Å²) in [5, 5.41) is 0. The first kappa shape index (κ1) is 20.6. The largest absolute Gasteiger partial charge is 0.427 e. The third-order valence-corrected chi connectivity index (χ3v) is 5.43. The van der Waals surface area contributed by atoms with E-state index in [1.165, 1.54) is 48.5 Å². The summed E-state index contributed by atoms with van der Waals surface area (Å²) in [4.78, 5) is 23.1. The smallest absolute Gasteiger partial charge is 0.311 e. The molecule has 0 aliphatic carbocycles. The number of carbonyl (C=O) groups excluding carboxylic acids is 2.